The lowest BCUT2D eigenvalue weighted by Gasteiger charge is -2.22. The highest BCUT2D eigenvalue weighted by atomic mass is 32.2. The lowest BCUT2D eigenvalue weighted by molar-refractivity contribution is -0.125. The Morgan fingerprint density at radius 2 is 2.00 bits per heavy atom. The number of sulfone groups is 1. The monoisotopic (exact) mass is 484 g/mol. The van der Waals surface area contributed by atoms with E-state index in [-0.39, 0.29) is 17.6 Å². The molecule has 4 rings (SSSR count). The highest BCUT2D eigenvalue weighted by molar-refractivity contribution is 7.90. The number of aromatic amines is 1. The van der Waals surface area contributed by atoms with Crippen molar-refractivity contribution < 1.29 is 13.2 Å². The van der Waals surface area contributed by atoms with Crippen molar-refractivity contribution in [2.45, 2.75) is 32.6 Å². The molecule has 1 aliphatic rings. The lowest BCUT2D eigenvalue weighted by Crippen LogP contribution is -2.35. The van der Waals surface area contributed by atoms with E-state index in [1.165, 1.54) is 12.6 Å². The molecule has 3 aromatic rings. The molecule has 2 aromatic heterocycles. The number of rotatable bonds is 9. The number of nitrogens with one attached hydrogen (secondary N) is 3. The number of nitrogens with zero attached hydrogens (tertiary/aromatic N) is 3. The zero-order valence-corrected chi connectivity index (χ0v) is 20.7. The fourth-order valence-electron chi connectivity index (χ4n) is 4.37. The van der Waals surface area contributed by atoms with Gasteiger partial charge in [0, 0.05) is 49.4 Å². The maximum absolute atomic E-state index is 12.8. The van der Waals surface area contributed by atoms with Gasteiger partial charge in [0.2, 0.25) is 5.91 Å². The summed E-state index contributed by atoms with van der Waals surface area (Å²) >= 11 is 0. The second-order valence-corrected chi connectivity index (χ2v) is 11.2. The SMILES string of the molecule is CCN(C)c1ccc(Nc2ncnc3[nH]c4c(c23)CC(C(=O)NCCCS(C)(=O)=O)CC4)cc1. The molecular weight excluding hydrogens is 452 g/mol. The normalized spacial score (nSPS) is 15.7. The van der Waals surface area contributed by atoms with Gasteiger partial charge in [-0.2, -0.15) is 0 Å². The first-order chi connectivity index (χ1) is 16.2. The molecule has 34 heavy (non-hydrogen) atoms. The number of aryl methyl sites for hydroxylation is 1. The van der Waals surface area contributed by atoms with E-state index in [0.29, 0.717) is 25.2 Å². The third-order valence-corrected chi connectivity index (χ3v) is 7.41. The number of amides is 1. The zero-order chi connectivity index (χ0) is 24.3. The van der Waals surface area contributed by atoms with Gasteiger partial charge in [-0.05, 0) is 62.4 Å². The van der Waals surface area contributed by atoms with Gasteiger partial charge >= 0.3 is 0 Å². The standard InChI is InChI=1S/C24H32N6O3S/c1-4-30(2)18-9-7-17(8-10-18)28-22-21-19-14-16(24(31)25-12-5-13-34(3,32)33)6-11-20(19)29-23(21)27-15-26-22/h7-10,15-16H,4-6,11-14H2,1-3H3,(H,25,31)(H2,26,27,28,29). The summed E-state index contributed by atoms with van der Waals surface area (Å²) in [4.78, 5) is 27.3. The number of hydrogen-bond donors (Lipinski definition) is 3. The third kappa shape index (κ3) is 5.49. The van der Waals surface area contributed by atoms with Crippen molar-refractivity contribution in [1.82, 2.24) is 20.3 Å². The molecule has 1 aliphatic carbocycles. The predicted octanol–water partition coefficient (Wildman–Crippen LogP) is 2.81. The predicted molar refractivity (Wildman–Crippen MR) is 135 cm³/mol. The number of benzene rings is 1. The van der Waals surface area contributed by atoms with Gasteiger partial charge in [0.15, 0.2) is 0 Å². The van der Waals surface area contributed by atoms with E-state index < -0.39 is 9.84 Å². The van der Waals surface area contributed by atoms with Crippen molar-refractivity contribution in [3.63, 3.8) is 0 Å². The van der Waals surface area contributed by atoms with Gasteiger partial charge in [0.05, 0.1) is 11.1 Å². The fraction of sp³-hybridized carbons (Fsp3) is 0.458. The Balaban J connectivity index is 1.50. The van der Waals surface area contributed by atoms with Crippen LogP contribution in [0, 0.1) is 5.92 Å². The summed E-state index contributed by atoms with van der Waals surface area (Å²) in [5.41, 5.74) is 5.01. The molecule has 0 radical (unpaired) electrons. The van der Waals surface area contributed by atoms with Crippen LogP contribution >= 0.6 is 0 Å². The molecule has 1 aromatic carbocycles. The van der Waals surface area contributed by atoms with E-state index >= 15 is 0 Å². The summed E-state index contributed by atoms with van der Waals surface area (Å²) < 4.78 is 22.6. The smallest absolute Gasteiger partial charge is 0.223 e. The van der Waals surface area contributed by atoms with Crippen LogP contribution in [0.4, 0.5) is 17.2 Å². The molecule has 1 atom stereocenters. The number of anilines is 3. The molecule has 9 nitrogen and oxygen atoms in total. The second-order valence-electron chi connectivity index (χ2n) is 8.93. The fourth-order valence-corrected chi connectivity index (χ4v) is 5.04. The summed E-state index contributed by atoms with van der Waals surface area (Å²) in [7, 11) is -0.965. The number of hydrogen-bond acceptors (Lipinski definition) is 7. The van der Waals surface area contributed by atoms with Crippen molar-refractivity contribution in [3.8, 4) is 0 Å². The van der Waals surface area contributed by atoms with Crippen LogP contribution in [0.25, 0.3) is 11.0 Å². The Morgan fingerprint density at radius 1 is 1.24 bits per heavy atom. The Kier molecular flexibility index (Phi) is 7.06. The summed E-state index contributed by atoms with van der Waals surface area (Å²) in [6.07, 6.45) is 5.25. The number of carbonyl (C=O) groups is 1. The highest BCUT2D eigenvalue weighted by Gasteiger charge is 2.29. The van der Waals surface area contributed by atoms with Crippen LogP contribution in [-0.2, 0) is 27.5 Å². The number of aromatic nitrogens is 3. The van der Waals surface area contributed by atoms with E-state index in [2.05, 4.69) is 56.6 Å². The molecule has 0 saturated heterocycles. The quantitative estimate of drug-likeness (QED) is 0.400. The van der Waals surface area contributed by atoms with Gasteiger partial charge in [0.25, 0.3) is 0 Å². The zero-order valence-electron chi connectivity index (χ0n) is 19.9. The van der Waals surface area contributed by atoms with Gasteiger partial charge in [-0.3, -0.25) is 4.79 Å². The highest BCUT2D eigenvalue weighted by Crippen LogP contribution is 2.35. The summed E-state index contributed by atoms with van der Waals surface area (Å²) in [6, 6.07) is 8.20. The van der Waals surface area contributed by atoms with Crippen molar-refractivity contribution in [1.29, 1.82) is 0 Å². The Hall–Kier alpha value is -3.14. The molecule has 10 heteroatoms. The van der Waals surface area contributed by atoms with E-state index in [4.69, 9.17) is 0 Å². The molecule has 1 unspecified atom stereocenters. The molecule has 0 fully saturated rings. The lowest BCUT2D eigenvalue weighted by atomic mass is 9.86. The van der Waals surface area contributed by atoms with Gasteiger partial charge in [-0.15, -0.1) is 0 Å². The van der Waals surface area contributed by atoms with Crippen molar-refractivity contribution >= 4 is 44.0 Å². The Bertz CT molecular complexity index is 1270. The van der Waals surface area contributed by atoms with Crippen molar-refractivity contribution in [3.05, 3.63) is 41.9 Å². The van der Waals surface area contributed by atoms with Crippen LogP contribution in [0.15, 0.2) is 30.6 Å². The second kappa shape index (κ2) is 10.0. The molecule has 3 N–H and O–H groups in total. The van der Waals surface area contributed by atoms with E-state index in [1.54, 1.807) is 0 Å². The van der Waals surface area contributed by atoms with Crippen LogP contribution < -0.4 is 15.5 Å². The van der Waals surface area contributed by atoms with Crippen molar-refractivity contribution in [2.75, 3.05) is 42.4 Å². The van der Waals surface area contributed by atoms with Gasteiger partial charge in [-0.25, -0.2) is 18.4 Å². The molecule has 0 aliphatic heterocycles. The molecule has 182 valence electrons. The molecule has 0 spiro atoms. The van der Waals surface area contributed by atoms with E-state index in [9.17, 15) is 13.2 Å². The minimum Gasteiger partial charge on any atom is -0.375 e. The van der Waals surface area contributed by atoms with Gasteiger partial charge in [0.1, 0.15) is 27.6 Å². The Morgan fingerprint density at radius 3 is 2.71 bits per heavy atom. The minimum absolute atomic E-state index is 0.0320. The first-order valence-electron chi connectivity index (χ1n) is 11.6. The third-order valence-electron chi connectivity index (χ3n) is 6.38. The first-order valence-corrected chi connectivity index (χ1v) is 13.7. The average molecular weight is 485 g/mol. The van der Waals surface area contributed by atoms with Crippen LogP contribution in [0.5, 0.6) is 0 Å². The maximum Gasteiger partial charge on any atom is 0.223 e. The van der Waals surface area contributed by atoms with E-state index in [1.807, 2.05) is 12.1 Å². The topological polar surface area (TPSA) is 120 Å². The average Bonchev–Trinajstić information content (AvgIpc) is 3.20. The van der Waals surface area contributed by atoms with E-state index in [0.717, 1.165) is 53.1 Å². The maximum atomic E-state index is 12.8. The largest absolute Gasteiger partial charge is 0.375 e. The molecule has 0 bridgehead atoms. The van der Waals surface area contributed by atoms with Crippen LogP contribution in [0.1, 0.15) is 31.0 Å². The van der Waals surface area contributed by atoms with Gasteiger partial charge in [-0.1, -0.05) is 0 Å². The molecule has 2 heterocycles. The molecule has 0 saturated carbocycles. The minimum atomic E-state index is -3.02. The summed E-state index contributed by atoms with van der Waals surface area (Å²) in [5, 5.41) is 7.24. The van der Waals surface area contributed by atoms with Crippen LogP contribution in [0.3, 0.4) is 0 Å². The molecular formula is C24H32N6O3S. The summed E-state index contributed by atoms with van der Waals surface area (Å²) in [5.74, 6) is 0.595. The first kappa shape index (κ1) is 24.0. The number of carbonyl (C=O) groups excluding carboxylic acids is 1. The number of fused-ring (bicyclic) bond motifs is 3. The van der Waals surface area contributed by atoms with Crippen LogP contribution in [0.2, 0.25) is 0 Å². The Labute approximate surface area is 200 Å². The molecule has 1 amide bonds. The van der Waals surface area contributed by atoms with Crippen LogP contribution in [-0.4, -0.2) is 61.4 Å². The number of H-pyrrole nitrogens is 1. The van der Waals surface area contributed by atoms with Crippen molar-refractivity contribution in [2.24, 2.45) is 5.92 Å². The van der Waals surface area contributed by atoms with Gasteiger partial charge < -0.3 is 20.5 Å². The summed E-state index contributed by atoms with van der Waals surface area (Å²) in [6.45, 7) is 3.41.